The Morgan fingerprint density at radius 2 is 1.84 bits per heavy atom. The first kappa shape index (κ1) is 25.6. The SMILES string of the molecule is CCn1nccc1C(=O)NC(c1nc2nc(-c3ccccc3C(=O)N(C)C)ccc2[nH]1)C1CCC(C)CC1. The van der Waals surface area contributed by atoms with Gasteiger partial charge < -0.3 is 15.2 Å². The molecule has 1 saturated carbocycles. The highest BCUT2D eigenvalue weighted by Crippen LogP contribution is 2.37. The lowest BCUT2D eigenvalue weighted by Gasteiger charge is -2.32. The molecule has 1 aliphatic carbocycles. The molecule has 2 amide bonds. The zero-order valence-corrected chi connectivity index (χ0v) is 22.4. The van der Waals surface area contributed by atoms with E-state index < -0.39 is 0 Å². The lowest BCUT2D eigenvalue weighted by atomic mass is 9.79. The molecule has 4 aromatic rings. The highest BCUT2D eigenvalue weighted by atomic mass is 16.2. The van der Waals surface area contributed by atoms with Gasteiger partial charge in [-0.05, 0) is 55.9 Å². The van der Waals surface area contributed by atoms with Crippen LogP contribution in [0.4, 0.5) is 0 Å². The summed E-state index contributed by atoms with van der Waals surface area (Å²) in [5.41, 5.74) is 3.93. The van der Waals surface area contributed by atoms with Gasteiger partial charge in [0.2, 0.25) is 0 Å². The Hall–Kier alpha value is -4.01. The molecule has 0 radical (unpaired) electrons. The number of hydrogen-bond donors (Lipinski definition) is 2. The molecule has 0 bridgehead atoms. The Morgan fingerprint density at radius 3 is 2.58 bits per heavy atom. The fourth-order valence-electron chi connectivity index (χ4n) is 5.36. The van der Waals surface area contributed by atoms with Gasteiger partial charge in [0, 0.05) is 38.0 Å². The number of pyridine rings is 1. The number of carbonyl (C=O) groups is 2. The number of amides is 2. The molecule has 38 heavy (non-hydrogen) atoms. The zero-order valence-electron chi connectivity index (χ0n) is 22.4. The van der Waals surface area contributed by atoms with Gasteiger partial charge in [0.15, 0.2) is 5.65 Å². The third kappa shape index (κ3) is 5.05. The van der Waals surface area contributed by atoms with E-state index in [0.29, 0.717) is 40.9 Å². The van der Waals surface area contributed by atoms with Gasteiger partial charge in [-0.2, -0.15) is 5.10 Å². The van der Waals surface area contributed by atoms with Gasteiger partial charge in [0.05, 0.1) is 17.3 Å². The van der Waals surface area contributed by atoms with Crippen molar-refractivity contribution in [3.8, 4) is 11.3 Å². The number of rotatable bonds is 7. The summed E-state index contributed by atoms with van der Waals surface area (Å²) < 4.78 is 1.70. The Morgan fingerprint density at radius 1 is 1.08 bits per heavy atom. The number of benzene rings is 1. The Balaban J connectivity index is 1.50. The summed E-state index contributed by atoms with van der Waals surface area (Å²) in [4.78, 5) is 40.8. The monoisotopic (exact) mass is 513 g/mol. The summed E-state index contributed by atoms with van der Waals surface area (Å²) in [5.74, 6) is 1.43. The number of aromatic nitrogens is 5. The Labute approximate surface area is 222 Å². The summed E-state index contributed by atoms with van der Waals surface area (Å²) in [6.45, 7) is 4.88. The molecule has 0 saturated heterocycles. The summed E-state index contributed by atoms with van der Waals surface area (Å²) in [6.07, 6.45) is 5.96. The quantitative estimate of drug-likeness (QED) is 0.368. The van der Waals surface area contributed by atoms with Crippen molar-refractivity contribution in [2.24, 2.45) is 11.8 Å². The molecule has 0 aliphatic heterocycles. The molecule has 198 valence electrons. The maximum atomic E-state index is 13.3. The van der Waals surface area contributed by atoms with E-state index in [2.05, 4.69) is 22.3 Å². The minimum atomic E-state index is -0.268. The van der Waals surface area contributed by atoms with Crippen LogP contribution in [0.3, 0.4) is 0 Å². The van der Waals surface area contributed by atoms with E-state index in [1.807, 2.05) is 43.3 Å². The molecule has 9 nitrogen and oxygen atoms in total. The summed E-state index contributed by atoms with van der Waals surface area (Å²) in [5, 5.41) is 7.52. The van der Waals surface area contributed by atoms with Crippen LogP contribution in [-0.4, -0.2) is 55.5 Å². The number of nitrogens with one attached hydrogen (secondary N) is 2. The van der Waals surface area contributed by atoms with E-state index in [9.17, 15) is 9.59 Å². The van der Waals surface area contributed by atoms with E-state index in [0.717, 1.165) is 36.8 Å². The normalized spacial score (nSPS) is 18.3. The van der Waals surface area contributed by atoms with Crippen LogP contribution in [0, 0.1) is 11.8 Å². The summed E-state index contributed by atoms with van der Waals surface area (Å²) in [6, 6.07) is 12.8. The molecule has 2 N–H and O–H groups in total. The number of H-pyrrole nitrogens is 1. The fraction of sp³-hybridized carbons (Fsp3) is 0.414. The number of nitrogens with zero attached hydrogens (tertiary/aromatic N) is 5. The van der Waals surface area contributed by atoms with Crippen molar-refractivity contribution < 1.29 is 9.59 Å². The van der Waals surface area contributed by atoms with E-state index in [-0.39, 0.29) is 23.8 Å². The minimum absolute atomic E-state index is 0.0779. The lowest BCUT2D eigenvalue weighted by Crippen LogP contribution is -2.36. The van der Waals surface area contributed by atoms with Crippen LogP contribution in [0.1, 0.15) is 72.2 Å². The number of hydrogen-bond acceptors (Lipinski definition) is 5. The predicted molar refractivity (Wildman–Crippen MR) is 147 cm³/mol. The average Bonchev–Trinajstić information content (AvgIpc) is 3.58. The first-order chi connectivity index (χ1) is 18.4. The van der Waals surface area contributed by atoms with Crippen molar-refractivity contribution in [1.82, 2.24) is 34.9 Å². The maximum absolute atomic E-state index is 13.3. The molecule has 1 aliphatic rings. The van der Waals surface area contributed by atoms with Crippen molar-refractivity contribution in [3.05, 3.63) is 65.7 Å². The molecule has 3 aromatic heterocycles. The highest BCUT2D eigenvalue weighted by Gasteiger charge is 2.32. The second-order valence-corrected chi connectivity index (χ2v) is 10.4. The Kier molecular flexibility index (Phi) is 7.26. The van der Waals surface area contributed by atoms with E-state index in [4.69, 9.17) is 9.97 Å². The molecular weight excluding hydrogens is 478 g/mol. The van der Waals surface area contributed by atoms with Crippen molar-refractivity contribution in [2.45, 2.75) is 52.1 Å². The minimum Gasteiger partial charge on any atom is -0.345 e. The Bertz CT molecular complexity index is 1450. The molecule has 1 fully saturated rings. The van der Waals surface area contributed by atoms with Gasteiger partial charge in [0.25, 0.3) is 11.8 Å². The van der Waals surface area contributed by atoms with Crippen LogP contribution in [0.5, 0.6) is 0 Å². The van der Waals surface area contributed by atoms with Gasteiger partial charge >= 0.3 is 0 Å². The predicted octanol–water partition coefficient (Wildman–Crippen LogP) is 4.84. The first-order valence-corrected chi connectivity index (χ1v) is 13.4. The zero-order chi connectivity index (χ0) is 26.8. The molecule has 1 aromatic carbocycles. The number of fused-ring (bicyclic) bond motifs is 1. The second kappa shape index (κ2) is 10.8. The van der Waals surface area contributed by atoms with Crippen LogP contribution in [0.2, 0.25) is 0 Å². The molecule has 5 rings (SSSR count). The van der Waals surface area contributed by atoms with Crippen molar-refractivity contribution in [3.63, 3.8) is 0 Å². The average molecular weight is 514 g/mol. The smallest absolute Gasteiger partial charge is 0.270 e. The molecule has 9 heteroatoms. The third-order valence-electron chi connectivity index (χ3n) is 7.57. The maximum Gasteiger partial charge on any atom is 0.270 e. The topological polar surface area (TPSA) is 109 Å². The van der Waals surface area contributed by atoms with Crippen LogP contribution in [0.25, 0.3) is 22.4 Å². The van der Waals surface area contributed by atoms with Crippen molar-refractivity contribution in [1.29, 1.82) is 0 Å². The third-order valence-corrected chi connectivity index (χ3v) is 7.57. The van der Waals surface area contributed by atoms with E-state index in [1.165, 1.54) is 0 Å². The van der Waals surface area contributed by atoms with Gasteiger partial charge in [-0.25, -0.2) is 9.97 Å². The van der Waals surface area contributed by atoms with Crippen molar-refractivity contribution >= 4 is 23.0 Å². The van der Waals surface area contributed by atoms with Gasteiger partial charge in [-0.15, -0.1) is 0 Å². The van der Waals surface area contributed by atoms with Gasteiger partial charge in [-0.3, -0.25) is 14.3 Å². The standard InChI is InChI=1S/C29H35N7O2/c1-5-36-24(16-17-30-36)28(37)33-25(19-12-10-18(2)11-13-19)27-32-23-15-14-22(31-26(23)34-27)20-8-6-7-9-21(20)29(38)35(3)4/h6-9,14-19,25H,5,10-13H2,1-4H3,(H,33,37)(H,31,32,34). The number of aryl methyl sites for hydroxylation is 1. The molecule has 3 heterocycles. The number of aromatic amines is 1. The van der Waals surface area contributed by atoms with Crippen molar-refractivity contribution in [2.75, 3.05) is 14.1 Å². The number of carbonyl (C=O) groups excluding carboxylic acids is 2. The van der Waals surface area contributed by atoms with Crippen LogP contribution < -0.4 is 5.32 Å². The van der Waals surface area contributed by atoms with Crippen LogP contribution in [0.15, 0.2) is 48.7 Å². The lowest BCUT2D eigenvalue weighted by molar-refractivity contribution is 0.0827. The fourth-order valence-corrected chi connectivity index (χ4v) is 5.36. The first-order valence-electron chi connectivity index (χ1n) is 13.4. The van der Waals surface area contributed by atoms with E-state index in [1.54, 1.807) is 35.9 Å². The van der Waals surface area contributed by atoms with E-state index >= 15 is 0 Å². The molecular formula is C29H35N7O2. The van der Waals surface area contributed by atoms with Crippen LogP contribution >= 0.6 is 0 Å². The largest absolute Gasteiger partial charge is 0.345 e. The summed E-state index contributed by atoms with van der Waals surface area (Å²) in [7, 11) is 3.48. The van der Waals surface area contributed by atoms with Crippen LogP contribution in [-0.2, 0) is 6.54 Å². The summed E-state index contributed by atoms with van der Waals surface area (Å²) >= 11 is 0. The highest BCUT2D eigenvalue weighted by molar-refractivity contribution is 6.00. The molecule has 1 atom stereocenters. The number of imidazole rings is 1. The molecule has 1 unspecified atom stereocenters. The molecule has 0 spiro atoms. The van der Waals surface area contributed by atoms with Gasteiger partial charge in [0.1, 0.15) is 11.5 Å². The second-order valence-electron chi connectivity index (χ2n) is 10.4. The van der Waals surface area contributed by atoms with Gasteiger partial charge in [-0.1, -0.05) is 38.0 Å².